The van der Waals surface area contributed by atoms with E-state index in [4.69, 9.17) is 19.9 Å². The van der Waals surface area contributed by atoms with Gasteiger partial charge in [0, 0.05) is 0 Å². The molecule has 4 N–H and O–H groups in total. The van der Waals surface area contributed by atoms with Crippen molar-refractivity contribution in [2.45, 2.75) is 97.9 Å². The number of nitrogens with two attached hydrogens (primary N) is 1. The van der Waals surface area contributed by atoms with Crippen molar-refractivity contribution in [3.8, 4) is 0 Å². The van der Waals surface area contributed by atoms with Gasteiger partial charge in [-0.05, 0) is 40.5 Å². The number of ether oxygens (including phenoxy) is 3. The molecule has 0 bridgehead atoms. The Labute approximate surface area is 230 Å². The van der Waals surface area contributed by atoms with Crippen molar-refractivity contribution in [1.82, 2.24) is 29.7 Å². The molecule has 2 heterocycles. The van der Waals surface area contributed by atoms with Crippen LogP contribution in [0.2, 0.25) is 0 Å². The molecular formula is C25H44N7O6P. The number of imidazole rings is 1. The number of nitrogens with one attached hydrogen (secondary N) is 2. The van der Waals surface area contributed by atoms with E-state index >= 15 is 0 Å². The fourth-order valence-corrected chi connectivity index (χ4v) is 6.09. The molecule has 14 heteroatoms. The van der Waals surface area contributed by atoms with E-state index in [1.807, 2.05) is 6.92 Å². The van der Waals surface area contributed by atoms with Gasteiger partial charge in [0.1, 0.15) is 29.8 Å². The van der Waals surface area contributed by atoms with E-state index in [9.17, 15) is 14.2 Å². The van der Waals surface area contributed by atoms with Crippen LogP contribution in [0.4, 0.5) is 5.82 Å². The van der Waals surface area contributed by atoms with Crippen LogP contribution in [0.15, 0.2) is 12.7 Å². The lowest BCUT2D eigenvalue weighted by molar-refractivity contribution is -0.149. The maximum Gasteiger partial charge on any atom is 0.326 e. The van der Waals surface area contributed by atoms with Crippen LogP contribution < -0.4 is 15.9 Å². The van der Waals surface area contributed by atoms with Crippen LogP contribution in [0.1, 0.15) is 73.6 Å². The Morgan fingerprint density at radius 3 is 2.46 bits per heavy atom. The van der Waals surface area contributed by atoms with E-state index < -0.39 is 37.1 Å². The Morgan fingerprint density at radius 1 is 1.08 bits per heavy atom. The van der Waals surface area contributed by atoms with E-state index in [0.717, 1.165) is 32.1 Å². The Morgan fingerprint density at radius 2 is 1.77 bits per heavy atom. The van der Waals surface area contributed by atoms with Gasteiger partial charge in [0.05, 0.1) is 32.2 Å². The SMILES string of the molecule is CCCCCOC(=O)C(C)(C)NP(=O)(CO[C@H](C)Cn1cnc2c(N)ncnc21)N[C@H](C)C(=O)OCCCC. The maximum absolute atomic E-state index is 14.1. The molecule has 0 spiro atoms. The molecule has 0 saturated carbocycles. The molecule has 0 aliphatic heterocycles. The third kappa shape index (κ3) is 10.1. The average Bonchev–Trinajstić information content (AvgIpc) is 3.29. The highest BCUT2D eigenvalue weighted by atomic mass is 31.2. The summed E-state index contributed by atoms with van der Waals surface area (Å²) in [5, 5.41) is 5.74. The molecule has 1 unspecified atom stereocenters. The molecular weight excluding hydrogens is 525 g/mol. The largest absolute Gasteiger partial charge is 0.465 e. The third-order valence-electron chi connectivity index (χ3n) is 5.87. The predicted molar refractivity (Wildman–Crippen MR) is 149 cm³/mol. The number of anilines is 1. The molecule has 0 aliphatic rings. The highest BCUT2D eigenvalue weighted by Crippen LogP contribution is 2.40. The predicted octanol–water partition coefficient (Wildman–Crippen LogP) is 3.39. The standard InChI is InChI=1S/C25H44N7O6P/c1-7-9-11-13-37-24(34)25(5,6)31-39(35,30-19(4)23(33)36-12-10-8-2)17-38-18(3)14-32-16-29-20-21(26)27-15-28-22(20)32/h15-16,18-19H,7-14,17H2,1-6H3,(H2,26,27,28)(H2,30,31,35)/t18-,19-,39?/m1/s1. The van der Waals surface area contributed by atoms with E-state index in [1.54, 1.807) is 38.6 Å². The molecule has 0 fully saturated rings. The number of rotatable bonds is 18. The van der Waals surface area contributed by atoms with Gasteiger partial charge in [0.15, 0.2) is 11.5 Å². The monoisotopic (exact) mass is 569 g/mol. The summed E-state index contributed by atoms with van der Waals surface area (Å²) in [6.45, 7) is 11.5. The average molecular weight is 570 g/mol. The Kier molecular flexibility index (Phi) is 12.8. The number of hydrogen-bond donors (Lipinski definition) is 3. The quantitative estimate of drug-likeness (QED) is 0.136. The smallest absolute Gasteiger partial charge is 0.326 e. The molecule has 0 amide bonds. The summed E-state index contributed by atoms with van der Waals surface area (Å²) in [6.07, 6.45) is 6.47. The summed E-state index contributed by atoms with van der Waals surface area (Å²) in [6, 6.07) is -0.910. The lowest BCUT2D eigenvalue weighted by Gasteiger charge is -2.32. The van der Waals surface area contributed by atoms with Crippen LogP contribution in [0.25, 0.3) is 11.2 Å². The van der Waals surface area contributed by atoms with Crippen LogP contribution in [0.5, 0.6) is 0 Å². The zero-order valence-electron chi connectivity index (χ0n) is 23.9. The first kappa shape index (κ1) is 32.6. The van der Waals surface area contributed by atoms with Crippen LogP contribution in [0, 0.1) is 0 Å². The van der Waals surface area contributed by atoms with E-state index in [-0.39, 0.29) is 25.4 Å². The highest BCUT2D eigenvalue weighted by Gasteiger charge is 2.39. The Bertz CT molecular complexity index is 1130. The van der Waals surface area contributed by atoms with Crippen molar-refractivity contribution < 1.29 is 28.4 Å². The van der Waals surface area contributed by atoms with E-state index in [1.165, 1.54) is 6.33 Å². The number of nitrogen functional groups attached to an aromatic ring is 1. The lowest BCUT2D eigenvalue weighted by atomic mass is 10.1. The number of carbonyl (C=O) groups excluding carboxylic acids is 2. The lowest BCUT2D eigenvalue weighted by Crippen LogP contribution is -2.50. The second-order valence-corrected chi connectivity index (χ2v) is 12.3. The molecule has 220 valence electrons. The summed E-state index contributed by atoms with van der Waals surface area (Å²) in [5.74, 6) is -0.816. The third-order valence-corrected chi connectivity index (χ3v) is 8.11. The van der Waals surface area contributed by atoms with Gasteiger partial charge >= 0.3 is 11.9 Å². The fourth-order valence-electron chi connectivity index (χ4n) is 3.70. The van der Waals surface area contributed by atoms with Gasteiger partial charge in [-0.15, -0.1) is 0 Å². The van der Waals surface area contributed by atoms with Crippen LogP contribution >= 0.6 is 7.44 Å². The summed E-state index contributed by atoms with van der Waals surface area (Å²) in [4.78, 5) is 37.7. The number of nitrogens with zero attached hydrogens (tertiary/aromatic N) is 4. The van der Waals surface area contributed by atoms with Gasteiger partial charge in [0.25, 0.3) is 0 Å². The number of hydrogen-bond acceptors (Lipinski definition) is 10. The minimum Gasteiger partial charge on any atom is -0.465 e. The first-order chi connectivity index (χ1) is 18.4. The zero-order valence-corrected chi connectivity index (χ0v) is 24.8. The molecule has 2 aromatic heterocycles. The normalized spacial score (nSPS) is 15.0. The number of unbranched alkanes of at least 4 members (excludes halogenated alkanes) is 3. The number of esters is 2. The molecule has 0 saturated heterocycles. The molecule has 39 heavy (non-hydrogen) atoms. The molecule has 3 atom stereocenters. The summed E-state index contributed by atoms with van der Waals surface area (Å²) < 4.78 is 32.5. The number of aromatic nitrogens is 4. The van der Waals surface area contributed by atoms with Crippen molar-refractivity contribution in [2.24, 2.45) is 0 Å². The van der Waals surface area contributed by atoms with Crippen molar-refractivity contribution >= 4 is 36.4 Å². The maximum atomic E-state index is 14.1. The first-order valence-corrected chi connectivity index (χ1v) is 15.3. The van der Waals surface area contributed by atoms with Gasteiger partial charge in [-0.3, -0.25) is 14.2 Å². The molecule has 13 nitrogen and oxygen atoms in total. The molecule has 0 aliphatic carbocycles. The Hall–Kier alpha value is -2.60. The van der Waals surface area contributed by atoms with Gasteiger partial charge in [-0.1, -0.05) is 33.1 Å². The topological polar surface area (TPSA) is 173 Å². The molecule has 0 radical (unpaired) electrons. The summed E-state index contributed by atoms with van der Waals surface area (Å²) >= 11 is 0. The van der Waals surface area contributed by atoms with E-state index in [2.05, 4.69) is 32.1 Å². The number of carbonyl (C=O) groups is 2. The van der Waals surface area contributed by atoms with Crippen molar-refractivity contribution in [3.05, 3.63) is 12.7 Å². The van der Waals surface area contributed by atoms with Gasteiger partial charge < -0.3 is 24.5 Å². The summed E-state index contributed by atoms with van der Waals surface area (Å²) in [7, 11) is -3.68. The zero-order chi connectivity index (χ0) is 29.1. The minimum absolute atomic E-state index is 0.272. The molecule has 2 rings (SSSR count). The van der Waals surface area contributed by atoms with Gasteiger partial charge in [0.2, 0.25) is 7.44 Å². The highest BCUT2D eigenvalue weighted by molar-refractivity contribution is 7.59. The van der Waals surface area contributed by atoms with Gasteiger partial charge in [-0.25, -0.2) is 25.1 Å². The summed E-state index contributed by atoms with van der Waals surface area (Å²) in [5.41, 5.74) is 5.58. The van der Waals surface area contributed by atoms with Crippen molar-refractivity contribution in [1.29, 1.82) is 0 Å². The van der Waals surface area contributed by atoms with Crippen LogP contribution in [-0.4, -0.2) is 68.7 Å². The van der Waals surface area contributed by atoms with Crippen molar-refractivity contribution in [2.75, 3.05) is 25.3 Å². The fraction of sp³-hybridized carbons (Fsp3) is 0.720. The minimum atomic E-state index is -3.68. The first-order valence-electron chi connectivity index (χ1n) is 13.5. The number of fused-ring (bicyclic) bond motifs is 1. The molecule has 2 aromatic rings. The van der Waals surface area contributed by atoms with Crippen molar-refractivity contribution in [3.63, 3.8) is 0 Å². The Balaban J connectivity index is 2.12. The second kappa shape index (κ2) is 15.3. The van der Waals surface area contributed by atoms with Gasteiger partial charge in [-0.2, -0.15) is 0 Å². The molecule has 0 aromatic carbocycles. The van der Waals surface area contributed by atoms with E-state index in [0.29, 0.717) is 17.7 Å². The van der Waals surface area contributed by atoms with Crippen LogP contribution in [0.3, 0.4) is 0 Å². The van der Waals surface area contributed by atoms with Crippen LogP contribution in [-0.2, 0) is 34.9 Å². The second-order valence-electron chi connectivity index (χ2n) is 10.1.